The largest absolute Gasteiger partial charge is 0.370 e. The van der Waals surface area contributed by atoms with Crippen LogP contribution in [0.5, 0.6) is 0 Å². The van der Waals surface area contributed by atoms with Crippen LogP contribution in [-0.4, -0.2) is 67.1 Å². The molecule has 2 aliphatic heterocycles. The van der Waals surface area contributed by atoms with Crippen molar-refractivity contribution in [3.63, 3.8) is 0 Å². The van der Waals surface area contributed by atoms with E-state index >= 15 is 0 Å². The first-order valence-electron chi connectivity index (χ1n) is 9.75. The van der Waals surface area contributed by atoms with Gasteiger partial charge in [-0.3, -0.25) is 4.99 Å². The van der Waals surface area contributed by atoms with E-state index in [1.54, 1.807) is 11.3 Å². The van der Waals surface area contributed by atoms with Gasteiger partial charge in [0.05, 0.1) is 13.2 Å². The first-order valence-corrected chi connectivity index (χ1v) is 10.6. The Bertz CT molecular complexity index is 593. The third-order valence-electron chi connectivity index (χ3n) is 5.53. The van der Waals surface area contributed by atoms with E-state index in [1.807, 2.05) is 11.6 Å². The summed E-state index contributed by atoms with van der Waals surface area (Å²) in [6.07, 6.45) is 8.89. The number of ether oxygens (including phenoxy) is 2. The molecule has 7 nitrogen and oxygen atoms in total. The number of guanidine groups is 1. The van der Waals surface area contributed by atoms with E-state index in [4.69, 9.17) is 15.2 Å². The number of nitrogens with two attached hydrogens (primary N) is 1. The molecule has 3 fully saturated rings. The van der Waals surface area contributed by atoms with E-state index < -0.39 is 0 Å². The van der Waals surface area contributed by atoms with Crippen molar-refractivity contribution in [1.29, 1.82) is 0 Å². The molecule has 26 heavy (non-hydrogen) atoms. The summed E-state index contributed by atoms with van der Waals surface area (Å²) in [5.74, 6) is 0.277. The number of thiazole rings is 1. The van der Waals surface area contributed by atoms with E-state index in [9.17, 15) is 0 Å². The lowest BCUT2D eigenvalue weighted by molar-refractivity contribution is -0.174. The van der Waals surface area contributed by atoms with Gasteiger partial charge in [-0.1, -0.05) is 12.8 Å². The molecule has 1 spiro atoms. The van der Waals surface area contributed by atoms with Crippen molar-refractivity contribution in [3.05, 3.63) is 11.6 Å². The Hall–Kier alpha value is -1.38. The number of hydrogen-bond donors (Lipinski definition) is 1. The Morgan fingerprint density at radius 3 is 2.69 bits per heavy atom. The standard InChI is InChI=1S/C18H29N5O2S/c19-16(22-8-10-23(11-9-22)17-20-7-12-26-17)21-13-15-14-24-18(25-15)5-3-1-2-4-6-18/h7,12,15H,1-6,8-11,13-14H2,(H2,19,21). The smallest absolute Gasteiger partial charge is 0.191 e. The van der Waals surface area contributed by atoms with Crippen molar-refractivity contribution < 1.29 is 9.47 Å². The Labute approximate surface area is 159 Å². The molecule has 2 saturated heterocycles. The highest BCUT2D eigenvalue weighted by Gasteiger charge is 2.41. The molecule has 0 amide bonds. The molecule has 0 radical (unpaired) electrons. The van der Waals surface area contributed by atoms with Crippen molar-refractivity contribution in [2.45, 2.75) is 50.4 Å². The van der Waals surface area contributed by atoms with Gasteiger partial charge in [-0.15, -0.1) is 11.3 Å². The zero-order valence-electron chi connectivity index (χ0n) is 15.3. The SMILES string of the molecule is NC(=NCC1COC2(CCCCCC2)O1)N1CCN(c2nccs2)CC1. The average Bonchev–Trinajstić information content (AvgIpc) is 3.28. The van der Waals surface area contributed by atoms with Gasteiger partial charge in [-0.2, -0.15) is 0 Å². The van der Waals surface area contributed by atoms with Gasteiger partial charge in [0.1, 0.15) is 6.10 Å². The summed E-state index contributed by atoms with van der Waals surface area (Å²) in [5.41, 5.74) is 6.23. The van der Waals surface area contributed by atoms with Crippen LogP contribution in [0.2, 0.25) is 0 Å². The molecule has 8 heteroatoms. The zero-order valence-corrected chi connectivity index (χ0v) is 16.1. The lowest BCUT2D eigenvalue weighted by atomic mass is 10.1. The van der Waals surface area contributed by atoms with E-state index in [2.05, 4.69) is 19.8 Å². The van der Waals surface area contributed by atoms with E-state index in [1.165, 1.54) is 25.7 Å². The maximum absolute atomic E-state index is 6.26. The van der Waals surface area contributed by atoms with Gasteiger partial charge in [-0.05, 0) is 12.8 Å². The van der Waals surface area contributed by atoms with Crippen LogP contribution < -0.4 is 10.6 Å². The van der Waals surface area contributed by atoms with Crippen LogP contribution in [0.4, 0.5) is 5.13 Å². The Morgan fingerprint density at radius 2 is 2.00 bits per heavy atom. The summed E-state index contributed by atoms with van der Waals surface area (Å²) in [4.78, 5) is 13.4. The molecule has 1 atom stereocenters. The van der Waals surface area contributed by atoms with Gasteiger partial charge in [0.15, 0.2) is 16.9 Å². The first kappa shape index (κ1) is 18.0. The molecule has 1 aromatic rings. The second-order valence-corrected chi connectivity index (χ2v) is 8.24. The molecule has 0 aromatic carbocycles. The highest BCUT2D eigenvalue weighted by molar-refractivity contribution is 7.13. The summed E-state index contributed by atoms with van der Waals surface area (Å²) >= 11 is 1.68. The van der Waals surface area contributed by atoms with Crippen LogP contribution in [0.25, 0.3) is 0 Å². The van der Waals surface area contributed by atoms with Crippen molar-refractivity contribution in [2.24, 2.45) is 10.7 Å². The normalized spacial score (nSPS) is 27.1. The summed E-state index contributed by atoms with van der Waals surface area (Å²) in [7, 11) is 0. The quantitative estimate of drug-likeness (QED) is 0.640. The van der Waals surface area contributed by atoms with Crippen molar-refractivity contribution >= 4 is 22.4 Å². The summed E-state index contributed by atoms with van der Waals surface area (Å²) < 4.78 is 12.3. The number of nitrogens with zero attached hydrogens (tertiary/aromatic N) is 4. The predicted octanol–water partition coefficient (Wildman–Crippen LogP) is 2.05. The Balaban J connectivity index is 1.25. The maximum atomic E-state index is 6.26. The van der Waals surface area contributed by atoms with Gasteiger partial charge in [0, 0.05) is 50.6 Å². The van der Waals surface area contributed by atoms with Crippen molar-refractivity contribution in [3.8, 4) is 0 Å². The molecule has 144 valence electrons. The van der Waals surface area contributed by atoms with Crippen molar-refractivity contribution in [2.75, 3.05) is 44.2 Å². The number of piperazine rings is 1. The number of rotatable bonds is 3. The summed E-state index contributed by atoms with van der Waals surface area (Å²) in [6, 6.07) is 0. The molecule has 1 saturated carbocycles. The van der Waals surface area contributed by atoms with Crippen LogP contribution in [0, 0.1) is 0 Å². The fourth-order valence-electron chi connectivity index (χ4n) is 4.03. The molecular weight excluding hydrogens is 350 g/mol. The lowest BCUT2D eigenvalue weighted by Gasteiger charge is -2.35. The van der Waals surface area contributed by atoms with E-state index in [-0.39, 0.29) is 11.9 Å². The number of anilines is 1. The fraction of sp³-hybridized carbons (Fsp3) is 0.778. The van der Waals surface area contributed by atoms with Gasteiger partial charge in [0.2, 0.25) is 0 Å². The van der Waals surface area contributed by atoms with E-state index in [0.717, 1.165) is 44.2 Å². The second kappa shape index (κ2) is 8.10. The van der Waals surface area contributed by atoms with Crippen molar-refractivity contribution in [1.82, 2.24) is 9.88 Å². The molecule has 0 bridgehead atoms. The minimum atomic E-state index is -0.342. The van der Waals surface area contributed by atoms with E-state index in [0.29, 0.717) is 19.1 Å². The molecule has 2 N–H and O–H groups in total. The fourth-order valence-corrected chi connectivity index (χ4v) is 4.73. The highest BCUT2D eigenvalue weighted by Crippen LogP contribution is 2.36. The second-order valence-electron chi connectivity index (χ2n) is 7.36. The maximum Gasteiger partial charge on any atom is 0.191 e. The third-order valence-corrected chi connectivity index (χ3v) is 6.36. The van der Waals surface area contributed by atoms with Crippen LogP contribution in [0.1, 0.15) is 38.5 Å². The highest BCUT2D eigenvalue weighted by atomic mass is 32.1. The number of aromatic nitrogens is 1. The number of aliphatic imine (C=N–C) groups is 1. The first-order chi connectivity index (χ1) is 12.7. The molecular formula is C18H29N5O2S. The van der Waals surface area contributed by atoms with Gasteiger partial charge < -0.3 is 25.0 Å². The Morgan fingerprint density at radius 1 is 1.23 bits per heavy atom. The van der Waals surface area contributed by atoms with Gasteiger partial charge in [0.25, 0.3) is 0 Å². The average molecular weight is 380 g/mol. The molecule has 3 aliphatic rings. The monoisotopic (exact) mass is 379 g/mol. The summed E-state index contributed by atoms with van der Waals surface area (Å²) in [5, 5.41) is 3.10. The zero-order chi connectivity index (χ0) is 17.8. The minimum absolute atomic E-state index is 0.0308. The predicted molar refractivity (Wildman–Crippen MR) is 104 cm³/mol. The molecule has 3 heterocycles. The Kier molecular flexibility index (Phi) is 5.61. The molecule has 1 aromatic heterocycles. The van der Waals surface area contributed by atoms with Crippen LogP contribution in [0.15, 0.2) is 16.6 Å². The molecule has 4 rings (SSSR count). The third kappa shape index (κ3) is 4.13. The van der Waals surface area contributed by atoms with Crippen LogP contribution >= 0.6 is 11.3 Å². The topological polar surface area (TPSA) is 76.2 Å². The lowest BCUT2D eigenvalue weighted by Crippen LogP contribution is -2.51. The van der Waals surface area contributed by atoms with Gasteiger partial charge >= 0.3 is 0 Å². The molecule has 1 unspecified atom stereocenters. The van der Waals surface area contributed by atoms with Crippen LogP contribution in [-0.2, 0) is 9.47 Å². The van der Waals surface area contributed by atoms with Crippen LogP contribution in [0.3, 0.4) is 0 Å². The minimum Gasteiger partial charge on any atom is -0.370 e. The number of hydrogen-bond acceptors (Lipinski definition) is 6. The summed E-state index contributed by atoms with van der Waals surface area (Å²) in [6.45, 7) is 4.82. The van der Waals surface area contributed by atoms with Gasteiger partial charge in [-0.25, -0.2) is 4.98 Å². The molecule has 1 aliphatic carbocycles.